The number of hydrogen-bond donors (Lipinski definition) is 0. The van der Waals surface area contributed by atoms with Crippen LogP contribution in [-0.2, 0) is 4.74 Å². The van der Waals surface area contributed by atoms with Gasteiger partial charge in [-0.25, -0.2) is 4.68 Å². The summed E-state index contributed by atoms with van der Waals surface area (Å²) in [5.41, 5.74) is 2.83. The smallest absolute Gasteiger partial charge is 0.276 e. The fraction of sp³-hybridized carbons (Fsp3) is 0.250. The quantitative estimate of drug-likeness (QED) is 0.586. The normalized spacial score (nSPS) is 17.0. The summed E-state index contributed by atoms with van der Waals surface area (Å²) in [4.78, 5) is 14.9. The van der Waals surface area contributed by atoms with Crippen molar-refractivity contribution in [3.63, 3.8) is 0 Å². The molecule has 1 unspecified atom stereocenters. The van der Waals surface area contributed by atoms with E-state index in [2.05, 4.69) is 26.2 Å². The first kappa shape index (κ1) is 19.1. The minimum absolute atomic E-state index is 0.142. The maximum atomic E-state index is 13.1. The fourth-order valence-electron chi connectivity index (χ4n) is 3.24. The van der Waals surface area contributed by atoms with Crippen molar-refractivity contribution in [1.82, 2.24) is 19.9 Å². The molecular formula is C20H18BrClN4O2. The lowest BCUT2D eigenvalue weighted by molar-refractivity contribution is -0.0230. The van der Waals surface area contributed by atoms with E-state index in [4.69, 9.17) is 16.3 Å². The lowest BCUT2D eigenvalue weighted by Gasteiger charge is -2.32. The van der Waals surface area contributed by atoms with Crippen molar-refractivity contribution in [3.8, 4) is 5.69 Å². The summed E-state index contributed by atoms with van der Waals surface area (Å²) in [5, 5.41) is 8.89. The average molecular weight is 462 g/mol. The Bertz CT molecular complexity index is 1010. The molecular weight excluding hydrogens is 444 g/mol. The average Bonchev–Trinajstić information content (AvgIpc) is 3.09. The SMILES string of the molecule is Cc1c(C(=O)N2CCOC(c3ccc(Br)cc3)C2)nnn1-c1cccc(Cl)c1. The van der Waals surface area contributed by atoms with Gasteiger partial charge in [0.25, 0.3) is 5.91 Å². The summed E-state index contributed by atoms with van der Waals surface area (Å²) >= 11 is 9.51. The van der Waals surface area contributed by atoms with Crippen LogP contribution in [0.1, 0.15) is 27.8 Å². The Morgan fingerprint density at radius 1 is 1.25 bits per heavy atom. The molecule has 0 saturated carbocycles. The number of nitrogens with zero attached hydrogens (tertiary/aromatic N) is 4. The molecule has 6 nitrogen and oxygen atoms in total. The van der Waals surface area contributed by atoms with Crippen LogP contribution in [-0.4, -0.2) is 45.5 Å². The largest absolute Gasteiger partial charge is 0.370 e. The van der Waals surface area contributed by atoms with E-state index in [1.807, 2.05) is 43.3 Å². The Labute approximate surface area is 176 Å². The van der Waals surface area contributed by atoms with Crippen molar-refractivity contribution < 1.29 is 9.53 Å². The van der Waals surface area contributed by atoms with E-state index >= 15 is 0 Å². The Balaban J connectivity index is 1.55. The first-order chi connectivity index (χ1) is 13.5. The predicted octanol–water partition coefficient (Wildman–Crippen LogP) is 4.21. The number of rotatable bonds is 3. The highest BCUT2D eigenvalue weighted by Crippen LogP contribution is 2.25. The number of aromatic nitrogens is 3. The molecule has 1 fully saturated rings. The van der Waals surface area contributed by atoms with Gasteiger partial charge in [-0.2, -0.15) is 0 Å². The van der Waals surface area contributed by atoms with Crippen LogP contribution < -0.4 is 0 Å². The molecule has 144 valence electrons. The Morgan fingerprint density at radius 3 is 2.79 bits per heavy atom. The van der Waals surface area contributed by atoms with Crippen LogP contribution in [0.3, 0.4) is 0 Å². The van der Waals surface area contributed by atoms with E-state index < -0.39 is 0 Å². The van der Waals surface area contributed by atoms with Gasteiger partial charge in [0, 0.05) is 16.0 Å². The summed E-state index contributed by atoms with van der Waals surface area (Å²) in [6, 6.07) is 15.2. The standard InChI is InChI=1S/C20H18BrClN4O2/c1-13-19(23-24-26(13)17-4-2-3-16(22)11-17)20(27)25-9-10-28-18(12-25)14-5-7-15(21)8-6-14/h2-8,11,18H,9-10,12H2,1H3. The van der Waals surface area contributed by atoms with Gasteiger partial charge < -0.3 is 9.64 Å². The van der Waals surface area contributed by atoms with E-state index in [0.29, 0.717) is 36.1 Å². The zero-order valence-corrected chi connectivity index (χ0v) is 17.5. The van der Waals surface area contributed by atoms with Crippen molar-refractivity contribution in [2.45, 2.75) is 13.0 Å². The van der Waals surface area contributed by atoms with Gasteiger partial charge in [0.1, 0.15) is 6.10 Å². The summed E-state index contributed by atoms with van der Waals surface area (Å²) in [6.45, 7) is 3.31. The number of carbonyl (C=O) groups excluding carboxylic acids is 1. The van der Waals surface area contributed by atoms with Crippen LogP contribution >= 0.6 is 27.5 Å². The number of ether oxygens (including phenoxy) is 1. The van der Waals surface area contributed by atoms with E-state index in [1.54, 1.807) is 21.7 Å². The predicted molar refractivity (Wildman–Crippen MR) is 110 cm³/mol. The number of halogens is 2. The zero-order chi connectivity index (χ0) is 19.7. The zero-order valence-electron chi connectivity index (χ0n) is 15.2. The number of amides is 1. The molecule has 0 bridgehead atoms. The first-order valence-corrected chi connectivity index (χ1v) is 10.0. The molecule has 1 amide bonds. The van der Waals surface area contributed by atoms with Crippen molar-refractivity contribution in [1.29, 1.82) is 0 Å². The Morgan fingerprint density at radius 2 is 2.04 bits per heavy atom. The summed E-state index contributed by atoms with van der Waals surface area (Å²) < 4.78 is 8.51. The minimum Gasteiger partial charge on any atom is -0.370 e. The molecule has 0 aliphatic carbocycles. The van der Waals surface area contributed by atoms with Crippen LogP contribution in [0.5, 0.6) is 0 Å². The molecule has 2 heterocycles. The molecule has 2 aromatic carbocycles. The number of benzene rings is 2. The second-order valence-corrected chi connectivity index (χ2v) is 7.93. The third-order valence-electron chi connectivity index (χ3n) is 4.75. The molecule has 3 aromatic rings. The first-order valence-electron chi connectivity index (χ1n) is 8.87. The third-order valence-corrected chi connectivity index (χ3v) is 5.51. The van der Waals surface area contributed by atoms with E-state index in [-0.39, 0.29) is 12.0 Å². The van der Waals surface area contributed by atoms with Gasteiger partial charge in [0.15, 0.2) is 5.69 Å². The molecule has 0 radical (unpaired) electrons. The molecule has 1 saturated heterocycles. The van der Waals surface area contributed by atoms with E-state index in [9.17, 15) is 4.79 Å². The van der Waals surface area contributed by atoms with Crippen molar-refractivity contribution in [2.75, 3.05) is 19.7 Å². The van der Waals surface area contributed by atoms with Crippen molar-refractivity contribution >= 4 is 33.4 Å². The van der Waals surface area contributed by atoms with Gasteiger partial charge >= 0.3 is 0 Å². The molecule has 4 rings (SSSR count). The van der Waals surface area contributed by atoms with Gasteiger partial charge in [-0.15, -0.1) is 5.10 Å². The molecule has 1 aromatic heterocycles. The van der Waals surface area contributed by atoms with Crippen LogP contribution in [0.15, 0.2) is 53.0 Å². The second kappa shape index (κ2) is 8.03. The molecule has 28 heavy (non-hydrogen) atoms. The highest BCUT2D eigenvalue weighted by Gasteiger charge is 2.29. The Kier molecular flexibility index (Phi) is 5.48. The highest BCUT2D eigenvalue weighted by atomic mass is 79.9. The van der Waals surface area contributed by atoms with Crippen LogP contribution in [0.2, 0.25) is 5.02 Å². The maximum absolute atomic E-state index is 13.1. The fourth-order valence-corrected chi connectivity index (χ4v) is 3.69. The topological polar surface area (TPSA) is 60.3 Å². The van der Waals surface area contributed by atoms with E-state index in [1.165, 1.54) is 0 Å². The molecule has 1 aliphatic heterocycles. The minimum atomic E-state index is -0.158. The van der Waals surface area contributed by atoms with Crippen molar-refractivity contribution in [3.05, 3.63) is 75.0 Å². The lowest BCUT2D eigenvalue weighted by atomic mass is 10.1. The maximum Gasteiger partial charge on any atom is 0.276 e. The summed E-state index contributed by atoms with van der Waals surface area (Å²) in [5.74, 6) is -0.142. The monoisotopic (exact) mass is 460 g/mol. The van der Waals surface area contributed by atoms with Crippen LogP contribution in [0.25, 0.3) is 5.69 Å². The number of hydrogen-bond acceptors (Lipinski definition) is 4. The summed E-state index contributed by atoms with van der Waals surface area (Å²) in [6.07, 6.45) is -0.158. The van der Waals surface area contributed by atoms with Gasteiger partial charge in [0.2, 0.25) is 0 Å². The van der Waals surface area contributed by atoms with Gasteiger partial charge in [0.05, 0.1) is 24.5 Å². The Hall–Kier alpha value is -2.22. The van der Waals surface area contributed by atoms with Crippen LogP contribution in [0, 0.1) is 6.92 Å². The molecule has 1 atom stereocenters. The van der Waals surface area contributed by atoms with Gasteiger partial charge in [-0.1, -0.05) is 50.9 Å². The molecule has 1 aliphatic rings. The lowest BCUT2D eigenvalue weighted by Crippen LogP contribution is -2.42. The van der Waals surface area contributed by atoms with Crippen molar-refractivity contribution in [2.24, 2.45) is 0 Å². The van der Waals surface area contributed by atoms with E-state index in [0.717, 1.165) is 15.7 Å². The number of carbonyl (C=O) groups is 1. The van der Waals surface area contributed by atoms with Crippen LogP contribution in [0.4, 0.5) is 0 Å². The van der Waals surface area contributed by atoms with Gasteiger partial charge in [-0.05, 0) is 42.8 Å². The molecule has 0 spiro atoms. The second-order valence-electron chi connectivity index (χ2n) is 6.58. The third kappa shape index (κ3) is 3.83. The number of morpholine rings is 1. The highest BCUT2D eigenvalue weighted by molar-refractivity contribution is 9.10. The molecule has 8 heteroatoms. The summed E-state index contributed by atoms with van der Waals surface area (Å²) in [7, 11) is 0. The molecule has 0 N–H and O–H groups in total. The van der Waals surface area contributed by atoms with Gasteiger partial charge in [-0.3, -0.25) is 4.79 Å².